The summed E-state index contributed by atoms with van der Waals surface area (Å²) in [4.78, 5) is -0.309. The predicted molar refractivity (Wildman–Crippen MR) is 105 cm³/mol. The molecule has 0 spiro atoms. The summed E-state index contributed by atoms with van der Waals surface area (Å²) in [6.07, 6.45) is -3.20. The quantitative estimate of drug-likeness (QED) is 0.681. The molecule has 0 unspecified atom stereocenters. The monoisotopic (exact) mass is 448 g/mol. The zero-order chi connectivity index (χ0) is 21.1. The number of halogens is 4. The lowest BCUT2D eigenvalue weighted by atomic mass is 9.99. The van der Waals surface area contributed by atoms with Gasteiger partial charge in [-0.3, -0.25) is 4.72 Å². The molecule has 1 saturated heterocycles. The van der Waals surface area contributed by atoms with Crippen molar-refractivity contribution in [3.05, 3.63) is 53.1 Å². The van der Waals surface area contributed by atoms with Crippen molar-refractivity contribution in [3.8, 4) is 5.75 Å². The van der Waals surface area contributed by atoms with Crippen molar-refractivity contribution < 1.29 is 26.3 Å². The van der Waals surface area contributed by atoms with Crippen molar-refractivity contribution in [1.29, 1.82) is 0 Å². The van der Waals surface area contributed by atoms with E-state index in [1.165, 1.54) is 36.4 Å². The number of alkyl halides is 3. The SMILES string of the molecule is O=S(=O)(Nc1cccc(OCC2CCNCC2)c1C(F)(F)F)c1ccccc1Cl. The van der Waals surface area contributed by atoms with Crippen molar-refractivity contribution in [3.63, 3.8) is 0 Å². The van der Waals surface area contributed by atoms with E-state index in [1.807, 2.05) is 4.72 Å². The van der Waals surface area contributed by atoms with Crippen LogP contribution in [0.15, 0.2) is 47.4 Å². The van der Waals surface area contributed by atoms with Gasteiger partial charge in [0.25, 0.3) is 10.0 Å². The maximum Gasteiger partial charge on any atom is 0.421 e. The van der Waals surface area contributed by atoms with E-state index in [2.05, 4.69) is 5.32 Å². The lowest BCUT2D eigenvalue weighted by Crippen LogP contribution is -2.30. The molecule has 2 N–H and O–H groups in total. The Kier molecular flexibility index (Phi) is 6.60. The van der Waals surface area contributed by atoms with Crippen LogP contribution in [0, 0.1) is 5.92 Å². The van der Waals surface area contributed by atoms with E-state index in [1.54, 1.807) is 0 Å². The Morgan fingerprint density at radius 3 is 2.45 bits per heavy atom. The normalized spacial score (nSPS) is 15.9. The summed E-state index contributed by atoms with van der Waals surface area (Å²) in [6.45, 7) is 1.71. The van der Waals surface area contributed by atoms with Gasteiger partial charge in [-0.2, -0.15) is 13.2 Å². The summed E-state index contributed by atoms with van der Waals surface area (Å²) < 4.78 is 74.0. The van der Waals surface area contributed by atoms with Gasteiger partial charge in [-0.25, -0.2) is 8.42 Å². The minimum atomic E-state index is -4.82. The van der Waals surface area contributed by atoms with Crippen LogP contribution in [0.5, 0.6) is 5.75 Å². The fourth-order valence-electron chi connectivity index (χ4n) is 3.15. The Balaban J connectivity index is 1.91. The maximum absolute atomic E-state index is 13.8. The number of nitrogens with one attached hydrogen (secondary N) is 2. The first-order valence-electron chi connectivity index (χ1n) is 8.99. The topological polar surface area (TPSA) is 67.4 Å². The van der Waals surface area contributed by atoms with Crippen LogP contribution in [-0.2, 0) is 16.2 Å². The molecule has 0 aromatic heterocycles. The number of ether oxygens (including phenoxy) is 1. The zero-order valence-electron chi connectivity index (χ0n) is 15.3. The van der Waals surface area contributed by atoms with Gasteiger partial charge in [-0.1, -0.05) is 29.8 Å². The number of hydrogen-bond donors (Lipinski definition) is 2. The van der Waals surface area contributed by atoms with Crippen LogP contribution >= 0.6 is 11.6 Å². The Labute approximate surface area is 172 Å². The van der Waals surface area contributed by atoms with Gasteiger partial charge in [-0.05, 0) is 56.1 Å². The van der Waals surface area contributed by atoms with Crippen molar-refractivity contribution in [1.82, 2.24) is 5.32 Å². The maximum atomic E-state index is 13.8. The number of hydrogen-bond acceptors (Lipinski definition) is 4. The van der Waals surface area contributed by atoms with Gasteiger partial charge in [0.2, 0.25) is 0 Å². The van der Waals surface area contributed by atoms with E-state index in [0.717, 1.165) is 32.0 Å². The van der Waals surface area contributed by atoms with Gasteiger partial charge in [0.05, 0.1) is 17.3 Å². The molecule has 0 amide bonds. The van der Waals surface area contributed by atoms with E-state index >= 15 is 0 Å². The van der Waals surface area contributed by atoms with E-state index in [-0.39, 0.29) is 22.4 Å². The molecule has 3 rings (SSSR count). The lowest BCUT2D eigenvalue weighted by Gasteiger charge is -2.24. The third-order valence-corrected chi connectivity index (χ3v) is 6.48. The van der Waals surface area contributed by atoms with Gasteiger partial charge in [0, 0.05) is 0 Å². The summed E-state index contributed by atoms with van der Waals surface area (Å²) in [5.41, 5.74) is -1.77. The molecular weight excluding hydrogens is 429 g/mol. The molecule has 158 valence electrons. The van der Waals surface area contributed by atoms with Crippen molar-refractivity contribution >= 4 is 27.3 Å². The Hall–Kier alpha value is -1.97. The highest BCUT2D eigenvalue weighted by Gasteiger charge is 2.38. The Morgan fingerprint density at radius 2 is 1.79 bits per heavy atom. The van der Waals surface area contributed by atoms with Crippen LogP contribution in [0.25, 0.3) is 0 Å². The van der Waals surface area contributed by atoms with Gasteiger partial charge in [0.1, 0.15) is 16.2 Å². The van der Waals surface area contributed by atoms with Gasteiger partial charge in [0.15, 0.2) is 0 Å². The average molecular weight is 449 g/mol. The highest BCUT2D eigenvalue weighted by molar-refractivity contribution is 7.92. The molecule has 2 aromatic rings. The van der Waals surface area contributed by atoms with E-state index in [0.29, 0.717) is 0 Å². The number of rotatable bonds is 6. The van der Waals surface area contributed by atoms with Crippen LogP contribution < -0.4 is 14.8 Å². The zero-order valence-corrected chi connectivity index (χ0v) is 16.9. The largest absolute Gasteiger partial charge is 0.493 e. The van der Waals surface area contributed by atoms with Crippen LogP contribution in [0.1, 0.15) is 18.4 Å². The first-order valence-corrected chi connectivity index (χ1v) is 10.9. The smallest absolute Gasteiger partial charge is 0.421 e. The highest BCUT2D eigenvalue weighted by Crippen LogP contribution is 2.42. The minimum Gasteiger partial charge on any atom is -0.493 e. The Morgan fingerprint density at radius 1 is 1.10 bits per heavy atom. The second kappa shape index (κ2) is 8.81. The van der Waals surface area contributed by atoms with Gasteiger partial charge >= 0.3 is 6.18 Å². The highest BCUT2D eigenvalue weighted by atomic mass is 35.5. The van der Waals surface area contributed by atoms with Gasteiger partial charge in [-0.15, -0.1) is 0 Å². The third-order valence-electron chi connectivity index (χ3n) is 4.61. The number of benzene rings is 2. The molecule has 2 aromatic carbocycles. The summed E-state index contributed by atoms with van der Waals surface area (Å²) in [7, 11) is -4.32. The second-order valence-electron chi connectivity index (χ2n) is 6.72. The molecule has 1 aliphatic rings. The minimum absolute atomic E-state index is 0.0909. The predicted octanol–water partition coefficient (Wildman–Crippen LogP) is 4.54. The molecule has 1 heterocycles. The Bertz CT molecular complexity index is 961. The van der Waals surface area contributed by atoms with Crippen molar-refractivity contribution in [2.45, 2.75) is 23.9 Å². The third kappa shape index (κ3) is 5.34. The molecule has 1 fully saturated rings. The molecule has 0 aliphatic carbocycles. The van der Waals surface area contributed by atoms with Crippen molar-refractivity contribution in [2.24, 2.45) is 5.92 Å². The molecule has 1 aliphatic heterocycles. The first-order chi connectivity index (χ1) is 13.7. The number of sulfonamides is 1. The molecule has 10 heteroatoms. The van der Waals surface area contributed by atoms with E-state index < -0.39 is 33.2 Å². The molecular formula is C19H20ClF3N2O3S. The van der Waals surface area contributed by atoms with Crippen LogP contribution in [0.3, 0.4) is 0 Å². The fraction of sp³-hybridized carbons (Fsp3) is 0.368. The fourth-order valence-corrected chi connectivity index (χ4v) is 4.74. The average Bonchev–Trinajstić information content (AvgIpc) is 2.66. The van der Waals surface area contributed by atoms with Crippen LogP contribution in [-0.4, -0.2) is 28.1 Å². The van der Waals surface area contributed by atoms with Crippen LogP contribution in [0.4, 0.5) is 18.9 Å². The summed E-state index contributed by atoms with van der Waals surface area (Å²) in [5, 5.41) is 3.09. The van der Waals surface area contributed by atoms with E-state index in [4.69, 9.17) is 16.3 Å². The first kappa shape index (κ1) is 21.7. The molecule has 29 heavy (non-hydrogen) atoms. The van der Waals surface area contributed by atoms with E-state index in [9.17, 15) is 21.6 Å². The number of piperidine rings is 1. The summed E-state index contributed by atoms with van der Waals surface area (Å²) >= 11 is 5.90. The number of anilines is 1. The lowest BCUT2D eigenvalue weighted by molar-refractivity contribution is -0.138. The molecule has 0 atom stereocenters. The molecule has 0 radical (unpaired) electrons. The molecule has 5 nitrogen and oxygen atoms in total. The standard InChI is InChI=1S/C19H20ClF3N2O3S/c20-14-4-1-2-7-17(14)29(26,27)25-15-5-3-6-16(18(15)19(21,22)23)28-12-13-8-10-24-11-9-13/h1-7,13,24-25H,8-12H2. The van der Waals surface area contributed by atoms with Crippen molar-refractivity contribution in [2.75, 3.05) is 24.4 Å². The summed E-state index contributed by atoms with van der Waals surface area (Å²) in [5.74, 6) is -0.267. The van der Waals surface area contributed by atoms with Crippen LogP contribution in [0.2, 0.25) is 5.02 Å². The summed E-state index contributed by atoms with van der Waals surface area (Å²) in [6, 6.07) is 9.08. The molecule has 0 saturated carbocycles. The molecule has 0 bridgehead atoms. The second-order valence-corrected chi connectivity index (χ2v) is 8.77. The van der Waals surface area contributed by atoms with Gasteiger partial charge < -0.3 is 10.1 Å².